The number of carbonyl (C=O) groups is 1. The van der Waals surface area contributed by atoms with Gasteiger partial charge in [-0.3, -0.25) is 24.2 Å². The lowest BCUT2D eigenvalue weighted by atomic mass is 10.2. The number of nitrogens with zero attached hydrogens (tertiary/aromatic N) is 3. The first-order valence-electron chi connectivity index (χ1n) is 8.21. The lowest BCUT2D eigenvalue weighted by Gasteiger charge is -2.10. The van der Waals surface area contributed by atoms with Gasteiger partial charge in [0.1, 0.15) is 17.2 Å². The first-order chi connectivity index (χ1) is 13.0. The van der Waals surface area contributed by atoms with Crippen molar-refractivity contribution >= 4 is 34.7 Å². The molecule has 0 atom stereocenters. The predicted octanol–water partition coefficient (Wildman–Crippen LogP) is 1.27. The van der Waals surface area contributed by atoms with Gasteiger partial charge in [0.2, 0.25) is 5.16 Å². The maximum atomic E-state index is 12.5. The Morgan fingerprint density at radius 3 is 2.93 bits per heavy atom. The van der Waals surface area contributed by atoms with Crippen molar-refractivity contribution < 1.29 is 4.79 Å². The van der Waals surface area contributed by atoms with Gasteiger partial charge in [-0.25, -0.2) is 9.78 Å². The summed E-state index contributed by atoms with van der Waals surface area (Å²) in [7, 11) is 0. The van der Waals surface area contributed by atoms with Crippen LogP contribution in [0, 0.1) is 0 Å². The van der Waals surface area contributed by atoms with Crippen LogP contribution in [0.15, 0.2) is 32.3 Å². The molecule has 27 heavy (non-hydrogen) atoms. The van der Waals surface area contributed by atoms with E-state index in [9.17, 15) is 14.4 Å². The topological polar surface area (TPSA) is 140 Å². The standard InChI is InChI=1S/C16H18N6O3S2/c1-2-5-22-13(17)12(14(24)19-16(22)25)10(23)8-27-15-18-11(20-21-15)7-9-4-3-6-26-9/h3-4,6H,2,5,7-8,17H2,1H3,(H,18,20,21)(H,19,24,25). The lowest BCUT2D eigenvalue weighted by molar-refractivity contribution is 0.102. The van der Waals surface area contributed by atoms with Crippen molar-refractivity contribution in [2.75, 3.05) is 11.5 Å². The van der Waals surface area contributed by atoms with E-state index in [4.69, 9.17) is 5.73 Å². The summed E-state index contributed by atoms with van der Waals surface area (Å²) in [6.45, 7) is 2.19. The zero-order valence-electron chi connectivity index (χ0n) is 14.5. The molecule has 3 aromatic rings. The van der Waals surface area contributed by atoms with Gasteiger partial charge < -0.3 is 5.73 Å². The van der Waals surface area contributed by atoms with E-state index >= 15 is 0 Å². The highest BCUT2D eigenvalue weighted by Crippen LogP contribution is 2.18. The summed E-state index contributed by atoms with van der Waals surface area (Å²) in [6, 6.07) is 3.97. The van der Waals surface area contributed by atoms with Crippen molar-refractivity contribution in [2.45, 2.75) is 31.5 Å². The number of Topliss-reactive ketones (excluding diaryl/α,β-unsaturated/α-hetero) is 1. The van der Waals surface area contributed by atoms with Crippen molar-refractivity contribution in [3.8, 4) is 0 Å². The smallest absolute Gasteiger partial charge is 0.329 e. The maximum absolute atomic E-state index is 12.5. The van der Waals surface area contributed by atoms with E-state index in [-0.39, 0.29) is 17.1 Å². The number of nitrogen functional groups attached to an aromatic ring is 1. The fourth-order valence-corrected chi connectivity index (χ4v) is 3.90. The second kappa shape index (κ2) is 8.35. The van der Waals surface area contributed by atoms with Gasteiger partial charge in [0.05, 0.1) is 5.75 Å². The highest BCUT2D eigenvalue weighted by molar-refractivity contribution is 7.99. The van der Waals surface area contributed by atoms with Crippen LogP contribution in [-0.4, -0.2) is 36.3 Å². The number of aromatic amines is 2. The molecular weight excluding hydrogens is 388 g/mol. The number of thiophene rings is 1. The number of rotatable bonds is 8. The van der Waals surface area contributed by atoms with Crippen molar-refractivity contribution in [1.29, 1.82) is 0 Å². The Labute approximate surface area is 162 Å². The SMILES string of the molecule is CCCn1c(N)c(C(=O)CSc2n[nH]c(Cc3cccs3)n2)c(=O)[nH]c1=O. The van der Waals surface area contributed by atoms with Crippen LogP contribution in [0.2, 0.25) is 0 Å². The summed E-state index contributed by atoms with van der Waals surface area (Å²) in [5.74, 6) is 0.0486. The summed E-state index contributed by atoms with van der Waals surface area (Å²) in [4.78, 5) is 44.0. The summed E-state index contributed by atoms with van der Waals surface area (Å²) in [5.41, 5.74) is 4.30. The maximum Gasteiger partial charge on any atom is 0.329 e. The van der Waals surface area contributed by atoms with Gasteiger partial charge >= 0.3 is 5.69 Å². The third-order valence-electron chi connectivity index (χ3n) is 3.73. The van der Waals surface area contributed by atoms with Gasteiger partial charge in [-0.1, -0.05) is 24.8 Å². The van der Waals surface area contributed by atoms with Crippen molar-refractivity contribution in [1.82, 2.24) is 24.7 Å². The molecule has 0 saturated heterocycles. The summed E-state index contributed by atoms with van der Waals surface area (Å²) >= 11 is 2.73. The van der Waals surface area contributed by atoms with Crippen LogP contribution in [0.4, 0.5) is 5.82 Å². The Balaban J connectivity index is 1.71. The van der Waals surface area contributed by atoms with E-state index in [1.54, 1.807) is 11.3 Å². The molecule has 3 heterocycles. The minimum Gasteiger partial charge on any atom is -0.384 e. The van der Waals surface area contributed by atoms with E-state index in [1.807, 2.05) is 24.4 Å². The number of ketones is 1. The van der Waals surface area contributed by atoms with Gasteiger partial charge in [-0.05, 0) is 17.9 Å². The predicted molar refractivity (Wildman–Crippen MR) is 105 cm³/mol. The van der Waals surface area contributed by atoms with E-state index in [2.05, 4.69) is 20.2 Å². The summed E-state index contributed by atoms with van der Waals surface area (Å²) < 4.78 is 1.20. The number of nitrogens with two attached hydrogens (primary N) is 1. The van der Waals surface area contributed by atoms with Crippen LogP contribution >= 0.6 is 23.1 Å². The minimum absolute atomic E-state index is 0.0616. The van der Waals surface area contributed by atoms with E-state index in [0.29, 0.717) is 30.4 Å². The highest BCUT2D eigenvalue weighted by atomic mass is 32.2. The van der Waals surface area contributed by atoms with E-state index < -0.39 is 17.0 Å². The lowest BCUT2D eigenvalue weighted by Crippen LogP contribution is -2.36. The zero-order chi connectivity index (χ0) is 19.4. The van der Waals surface area contributed by atoms with Crippen molar-refractivity contribution in [3.05, 3.63) is 54.6 Å². The molecule has 4 N–H and O–H groups in total. The molecule has 0 aliphatic heterocycles. The first-order valence-corrected chi connectivity index (χ1v) is 10.1. The number of anilines is 1. The Kier molecular flexibility index (Phi) is 5.91. The largest absolute Gasteiger partial charge is 0.384 e. The quantitative estimate of drug-likeness (QED) is 0.378. The fourth-order valence-electron chi connectivity index (χ4n) is 2.50. The van der Waals surface area contributed by atoms with Gasteiger partial charge in [0, 0.05) is 17.8 Å². The van der Waals surface area contributed by atoms with Gasteiger partial charge in [0.25, 0.3) is 5.56 Å². The van der Waals surface area contributed by atoms with Crippen LogP contribution in [0.3, 0.4) is 0 Å². The van der Waals surface area contributed by atoms with Crippen LogP contribution in [0.1, 0.15) is 34.4 Å². The number of hydrogen-bond donors (Lipinski definition) is 3. The summed E-state index contributed by atoms with van der Waals surface area (Å²) in [5, 5.41) is 9.31. The number of nitrogens with one attached hydrogen (secondary N) is 2. The number of aromatic nitrogens is 5. The molecule has 3 aromatic heterocycles. The molecule has 0 radical (unpaired) electrons. The molecular formula is C16H18N6O3S2. The zero-order valence-corrected chi connectivity index (χ0v) is 16.2. The van der Waals surface area contributed by atoms with Crippen molar-refractivity contribution in [3.63, 3.8) is 0 Å². The Morgan fingerprint density at radius 1 is 1.41 bits per heavy atom. The fraction of sp³-hybridized carbons (Fsp3) is 0.312. The van der Waals surface area contributed by atoms with Crippen molar-refractivity contribution in [2.24, 2.45) is 0 Å². The highest BCUT2D eigenvalue weighted by Gasteiger charge is 2.20. The Hall–Kier alpha value is -2.66. The average molecular weight is 406 g/mol. The van der Waals surface area contributed by atoms with Crippen LogP contribution < -0.4 is 17.0 Å². The molecule has 0 fully saturated rings. The number of carbonyl (C=O) groups excluding carboxylic acids is 1. The Morgan fingerprint density at radius 2 is 2.22 bits per heavy atom. The minimum atomic E-state index is -0.774. The molecule has 142 valence electrons. The molecule has 9 nitrogen and oxygen atoms in total. The molecule has 0 amide bonds. The second-order valence-corrected chi connectivity index (χ2v) is 7.68. The first kappa shape index (κ1) is 19.1. The molecule has 0 aliphatic carbocycles. The molecule has 3 rings (SSSR count). The van der Waals surface area contributed by atoms with Gasteiger partial charge in [0.15, 0.2) is 5.78 Å². The number of H-pyrrole nitrogens is 2. The molecule has 0 saturated carbocycles. The second-order valence-electron chi connectivity index (χ2n) is 5.70. The molecule has 0 spiro atoms. The molecule has 0 aliphatic rings. The Bertz CT molecular complexity index is 1050. The molecule has 0 aromatic carbocycles. The van der Waals surface area contributed by atoms with Crippen LogP contribution in [-0.2, 0) is 13.0 Å². The van der Waals surface area contributed by atoms with Gasteiger partial charge in [-0.2, -0.15) is 0 Å². The number of thioether (sulfide) groups is 1. The monoisotopic (exact) mass is 406 g/mol. The van der Waals surface area contributed by atoms with E-state index in [0.717, 1.165) is 16.6 Å². The van der Waals surface area contributed by atoms with Crippen LogP contribution in [0.25, 0.3) is 0 Å². The van der Waals surface area contributed by atoms with Crippen LogP contribution in [0.5, 0.6) is 0 Å². The van der Waals surface area contributed by atoms with E-state index in [1.165, 1.54) is 4.57 Å². The third-order valence-corrected chi connectivity index (χ3v) is 5.45. The molecule has 0 unspecified atom stereocenters. The number of hydrogen-bond acceptors (Lipinski definition) is 8. The summed E-state index contributed by atoms with van der Waals surface area (Å²) in [6.07, 6.45) is 1.27. The average Bonchev–Trinajstić information content (AvgIpc) is 3.29. The third kappa shape index (κ3) is 4.37. The van der Waals surface area contributed by atoms with Gasteiger partial charge in [-0.15, -0.1) is 16.4 Å². The molecule has 0 bridgehead atoms. The molecule has 11 heteroatoms. The normalized spacial score (nSPS) is 11.0.